The van der Waals surface area contributed by atoms with Crippen molar-refractivity contribution in [3.8, 4) is 0 Å². The van der Waals surface area contributed by atoms with Crippen molar-refractivity contribution < 1.29 is 0 Å². The summed E-state index contributed by atoms with van der Waals surface area (Å²) in [5.74, 6) is 0. The van der Waals surface area contributed by atoms with E-state index in [4.69, 9.17) is 0 Å². The van der Waals surface area contributed by atoms with Crippen molar-refractivity contribution in [3.05, 3.63) is 30.3 Å². The molecule has 0 saturated heterocycles. The Morgan fingerprint density at radius 3 is 1.47 bits per heavy atom. The van der Waals surface area contributed by atoms with E-state index in [2.05, 4.69) is 69.6 Å². The summed E-state index contributed by atoms with van der Waals surface area (Å²) >= 11 is 0. The molecule has 0 heterocycles. The highest BCUT2D eigenvalue weighted by atomic mass is 29.6. The van der Waals surface area contributed by atoms with E-state index in [9.17, 15) is 0 Å². The Balaban J connectivity index is 3.15. The van der Waals surface area contributed by atoms with Crippen LogP contribution < -0.4 is 5.19 Å². The van der Waals surface area contributed by atoms with Gasteiger partial charge in [0.2, 0.25) is 0 Å². The lowest BCUT2D eigenvalue weighted by molar-refractivity contribution is 1.74. The van der Waals surface area contributed by atoms with Crippen LogP contribution in [0.15, 0.2) is 30.3 Å². The van der Waals surface area contributed by atoms with Crippen LogP contribution >= 0.6 is 0 Å². The van der Waals surface area contributed by atoms with Gasteiger partial charge in [0.25, 0.3) is 0 Å². The first kappa shape index (κ1) is 12.9. The first-order valence-electron chi connectivity index (χ1n) is 5.66. The normalized spacial score (nSPS) is 13.3. The fourth-order valence-electron chi connectivity index (χ4n) is 2.60. The molecule has 0 N–H and O–H groups in total. The van der Waals surface area contributed by atoms with Crippen LogP contribution in [0.4, 0.5) is 0 Å². The molecule has 1 aromatic rings. The molecular weight excluding hydrogens is 228 g/mol. The SMILES string of the molecule is C[Si](C)(C)[Si](c1ccccc1)[Si](C)(C)C. The van der Waals surface area contributed by atoms with E-state index >= 15 is 0 Å². The maximum Gasteiger partial charge on any atom is 0.0696 e. The Kier molecular flexibility index (Phi) is 3.79. The summed E-state index contributed by atoms with van der Waals surface area (Å²) in [6.45, 7) is 15.3. The first-order valence-corrected chi connectivity index (χ1v) is 16.2. The van der Waals surface area contributed by atoms with E-state index in [1.54, 1.807) is 5.19 Å². The van der Waals surface area contributed by atoms with Gasteiger partial charge in [-0.05, 0) is 0 Å². The number of hydrogen-bond donors (Lipinski definition) is 0. The molecule has 0 aliphatic rings. The Labute approximate surface area is 97.9 Å². The Morgan fingerprint density at radius 1 is 0.733 bits per heavy atom. The van der Waals surface area contributed by atoms with Crippen LogP contribution in [-0.4, -0.2) is 23.0 Å². The quantitative estimate of drug-likeness (QED) is 0.724. The Hall–Kier alpha value is -0.129. The molecule has 0 aliphatic heterocycles. The molecule has 0 unspecified atom stereocenters. The van der Waals surface area contributed by atoms with Gasteiger partial charge in [-0.2, -0.15) is 0 Å². The second-order valence-electron chi connectivity index (χ2n) is 6.24. The third-order valence-corrected chi connectivity index (χ3v) is 30.7. The molecule has 0 aromatic heterocycles. The minimum absolute atomic E-state index is 0.275. The first-order chi connectivity index (χ1) is 6.73. The van der Waals surface area contributed by atoms with Crippen molar-refractivity contribution in [2.24, 2.45) is 0 Å². The van der Waals surface area contributed by atoms with Crippen LogP contribution in [0, 0.1) is 0 Å². The van der Waals surface area contributed by atoms with Crippen LogP contribution in [0.25, 0.3) is 0 Å². The fraction of sp³-hybridized carbons (Fsp3) is 0.500. The zero-order valence-electron chi connectivity index (χ0n) is 10.9. The molecule has 0 saturated carbocycles. The minimum atomic E-state index is -0.999. The zero-order valence-corrected chi connectivity index (χ0v) is 13.9. The smallest absolute Gasteiger partial charge is 0.0696 e. The maximum atomic E-state index is 2.55. The molecule has 0 fully saturated rings. The lowest BCUT2D eigenvalue weighted by Gasteiger charge is -2.37. The minimum Gasteiger partial charge on any atom is -0.0716 e. The van der Waals surface area contributed by atoms with Crippen LogP contribution in [0.2, 0.25) is 39.3 Å². The molecular formula is C12H23Si3. The summed E-state index contributed by atoms with van der Waals surface area (Å²) in [7, 11) is -2.27. The van der Waals surface area contributed by atoms with Gasteiger partial charge in [0, 0.05) is 15.2 Å². The molecule has 0 nitrogen and oxygen atoms in total. The van der Waals surface area contributed by atoms with Crippen LogP contribution in [-0.2, 0) is 0 Å². The van der Waals surface area contributed by atoms with Crippen molar-refractivity contribution in [3.63, 3.8) is 0 Å². The molecule has 1 aromatic carbocycles. The molecule has 0 amide bonds. The summed E-state index contributed by atoms with van der Waals surface area (Å²) in [6, 6.07) is 11.3. The third kappa shape index (κ3) is 3.43. The van der Waals surface area contributed by atoms with E-state index in [1.807, 2.05) is 0 Å². The standard InChI is InChI=1S/C12H23Si3/c1-14(2,3)13(15(4,5)6)12-10-8-7-9-11-12/h7-11H,1-6H3. The molecule has 0 aliphatic carbocycles. The second kappa shape index (κ2) is 4.39. The van der Waals surface area contributed by atoms with Gasteiger partial charge in [-0.3, -0.25) is 0 Å². The zero-order chi connectivity index (χ0) is 11.7. The topological polar surface area (TPSA) is 0 Å². The van der Waals surface area contributed by atoms with Crippen LogP contribution in [0.1, 0.15) is 0 Å². The molecule has 15 heavy (non-hydrogen) atoms. The Morgan fingerprint density at radius 2 is 1.13 bits per heavy atom. The van der Waals surface area contributed by atoms with Crippen molar-refractivity contribution in [2.45, 2.75) is 39.3 Å². The third-order valence-electron chi connectivity index (χ3n) is 2.56. The maximum absolute atomic E-state index is 2.55. The molecule has 0 atom stereocenters. The molecule has 3 heteroatoms. The number of benzene rings is 1. The van der Waals surface area contributed by atoms with Gasteiger partial charge in [-0.1, -0.05) is 74.8 Å². The van der Waals surface area contributed by atoms with Crippen molar-refractivity contribution >= 4 is 28.2 Å². The van der Waals surface area contributed by atoms with E-state index < -0.39 is 15.2 Å². The van der Waals surface area contributed by atoms with E-state index in [0.29, 0.717) is 0 Å². The van der Waals surface area contributed by atoms with Gasteiger partial charge in [-0.15, -0.1) is 0 Å². The van der Waals surface area contributed by atoms with Crippen molar-refractivity contribution in [1.29, 1.82) is 0 Å². The molecule has 1 rings (SSSR count). The molecule has 0 bridgehead atoms. The van der Waals surface area contributed by atoms with Crippen molar-refractivity contribution in [1.82, 2.24) is 0 Å². The Bertz CT molecular complexity index is 292. The number of hydrogen-bond acceptors (Lipinski definition) is 0. The molecule has 83 valence electrons. The largest absolute Gasteiger partial charge is 0.0716 e. The van der Waals surface area contributed by atoms with Crippen LogP contribution in [0.5, 0.6) is 0 Å². The fourth-order valence-corrected chi connectivity index (χ4v) is 40.3. The summed E-state index contributed by atoms with van der Waals surface area (Å²) in [4.78, 5) is 0. The average Bonchev–Trinajstić information content (AvgIpc) is 2.00. The number of rotatable bonds is 3. The monoisotopic (exact) mass is 251 g/mol. The second-order valence-corrected chi connectivity index (χ2v) is 30.1. The summed E-state index contributed by atoms with van der Waals surface area (Å²) < 4.78 is 0. The summed E-state index contributed by atoms with van der Waals surface area (Å²) in [5, 5.41) is 1.68. The van der Waals surface area contributed by atoms with Gasteiger partial charge in [-0.25, -0.2) is 0 Å². The van der Waals surface area contributed by atoms with Gasteiger partial charge >= 0.3 is 0 Å². The highest BCUT2D eigenvalue weighted by molar-refractivity contribution is 7.64. The lowest BCUT2D eigenvalue weighted by atomic mass is 10.4. The van der Waals surface area contributed by atoms with E-state index in [-0.39, 0.29) is 7.83 Å². The van der Waals surface area contributed by atoms with Crippen LogP contribution in [0.3, 0.4) is 0 Å². The van der Waals surface area contributed by atoms with Gasteiger partial charge in [0.15, 0.2) is 0 Å². The lowest BCUT2D eigenvalue weighted by Crippen LogP contribution is -2.65. The average molecular weight is 252 g/mol. The summed E-state index contributed by atoms with van der Waals surface area (Å²) in [5.41, 5.74) is 0. The molecule has 0 spiro atoms. The highest BCUT2D eigenvalue weighted by Gasteiger charge is 2.40. The van der Waals surface area contributed by atoms with Gasteiger partial charge < -0.3 is 0 Å². The van der Waals surface area contributed by atoms with Crippen molar-refractivity contribution in [2.75, 3.05) is 0 Å². The van der Waals surface area contributed by atoms with E-state index in [0.717, 1.165) is 0 Å². The van der Waals surface area contributed by atoms with Gasteiger partial charge in [0.1, 0.15) is 0 Å². The highest BCUT2D eigenvalue weighted by Crippen LogP contribution is 2.17. The molecule has 1 radical (unpaired) electrons. The predicted octanol–water partition coefficient (Wildman–Crippen LogP) is 3.22. The van der Waals surface area contributed by atoms with E-state index in [1.165, 1.54) is 0 Å². The predicted molar refractivity (Wildman–Crippen MR) is 78.5 cm³/mol. The van der Waals surface area contributed by atoms with Gasteiger partial charge in [0.05, 0.1) is 7.83 Å². The summed E-state index contributed by atoms with van der Waals surface area (Å²) in [6.07, 6.45) is 0.